The zero-order valence-corrected chi connectivity index (χ0v) is 6.79. The largest absolute Gasteiger partial charge is 0.383 e. The number of rotatable bonds is 4. The number of hydrogen-bond acceptors (Lipinski definition) is 3. The molecule has 1 aromatic rings. The number of anilines is 1. The first-order valence-electron chi connectivity index (χ1n) is 3.57. The normalized spacial score (nSPS) is 12.9. The number of hydrogen-bond donors (Lipinski definition) is 2. The minimum absolute atomic E-state index is 0.317. The number of nitrogens with zero attached hydrogens (tertiary/aromatic N) is 1. The summed E-state index contributed by atoms with van der Waals surface area (Å²) in [5.74, 6) is 0. The number of aromatic nitrogens is 2. The summed E-state index contributed by atoms with van der Waals surface area (Å²) in [5.41, 5.74) is 0.995. The molecule has 0 spiro atoms. The first-order chi connectivity index (χ1) is 5.33. The minimum atomic E-state index is 0.317. The van der Waals surface area contributed by atoms with E-state index in [1.165, 1.54) is 0 Å². The summed E-state index contributed by atoms with van der Waals surface area (Å²) in [5, 5.41) is 9.73. The molecule has 1 unspecified atom stereocenters. The quantitative estimate of drug-likeness (QED) is 0.678. The van der Waals surface area contributed by atoms with E-state index in [2.05, 4.69) is 22.4 Å². The highest BCUT2D eigenvalue weighted by atomic mass is 16.5. The van der Waals surface area contributed by atoms with E-state index in [4.69, 9.17) is 4.74 Å². The van der Waals surface area contributed by atoms with E-state index < -0.39 is 0 Å². The second-order valence-electron chi connectivity index (χ2n) is 2.49. The van der Waals surface area contributed by atoms with Crippen LogP contribution in [-0.4, -0.2) is 30.0 Å². The lowest BCUT2D eigenvalue weighted by Gasteiger charge is -2.11. The molecule has 0 amide bonds. The van der Waals surface area contributed by atoms with Crippen molar-refractivity contribution in [3.05, 3.63) is 12.4 Å². The molecule has 1 rings (SSSR count). The monoisotopic (exact) mass is 155 g/mol. The van der Waals surface area contributed by atoms with Crippen molar-refractivity contribution in [3.63, 3.8) is 0 Å². The Kier molecular flexibility index (Phi) is 2.92. The van der Waals surface area contributed by atoms with Gasteiger partial charge in [-0.2, -0.15) is 5.10 Å². The maximum Gasteiger partial charge on any atom is 0.0726 e. The Morgan fingerprint density at radius 3 is 3.18 bits per heavy atom. The van der Waals surface area contributed by atoms with Gasteiger partial charge in [0.15, 0.2) is 0 Å². The Balaban J connectivity index is 2.31. The van der Waals surface area contributed by atoms with Crippen LogP contribution in [0.4, 0.5) is 5.69 Å². The van der Waals surface area contributed by atoms with Gasteiger partial charge in [0.1, 0.15) is 0 Å². The van der Waals surface area contributed by atoms with E-state index >= 15 is 0 Å². The first kappa shape index (κ1) is 8.07. The maximum absolute atomic E-state index is 4.96. The van der Waals surface area contributed by atoms with Crippen molar-refractivity contribution in [2.24, 2.45) is 0 Å². The van der Waals surface area contributed by atoms with Crippen molar-refractivity contribution in [1.29, 1.82) is 0 Å². The van der Waals surface area contributed by atoms with Crippen LogP contribution in [0.5, 0.6) is 0 Å². The average Bonchev–Trinajstić information content (AvgIpc) is 2.40. The van der Waals surface area contributed by atoms with Crippen LogP contribution in [0.15, 0.2) is 12.4 Å². The molecule has 11 heavy (non-hydrogen) atoms. The molecule has 0 saturated heterocycles. The third-order valence-corrected chi connectivity index (χ3v) is 1.33. The molecule has 62 valence electrons. The summed E-state index contributed by atoms with van der Waals surface area (Å²) >= 11 is 0. The molecule has 0 aliphatic rings. The summed E-state index contributed by atoms with van der Waals surface area (Å²) in [6.07, 6.45) is 3.55. The number of aromatic amines is 1. The van der Waals surface area contributed by atoms with Gasteiger partial charge in [0.25, 0.3) is 0 Å². The number of nitrogens with one attached hydrogen (secondary N) is 2. The molecular formula is C7H13N3O. The number of ether oxygens (including phenoxy) is 1. The summed E-state index contributed by atoms with van der Waals surface area (Å²) in [6, 6.07) is 0.317. The van der Waals surface area contributed by atoms with E-state index in [-0.39, 0.29) is 0 Å². The summed E-state index contributed by atoms with van der Waals surface area (Å²) in [4.78, 5) is 0. The first-order valence-corrected chi connectivity index (χ1v) is 3.57. The molecule has 4 nitrogen and oxygen atoms in total. The topological polar surface area (TPSA) is 49.9 Å². The predicted octanol–water partition coefficient (Wildman–Crippen LogP) is 0.857. The lowest BCUT2D eigenvalue weighted by atomic mass is 10.3. The predicted molar refractivity (Wildman–Crippen MR) is 43.5 cm³/mol. The average molecular weight is 155 g/mol. The van der Waals surface area contributed by atoms with Crippen LogP contribution in [0.1, 0.15) is 6.92 Å². The molecule has 4 heteroatoms. The van der Waals surface area contributed by atoms with Crippen molar-refractivity contribution in [2.45, 2.75) is 13.0 Å². The van der Waals surface area contributed by atoms with Gasteiger partial charge in [-0.05, 0) is 6.92 Å². The Bertz CT molecular complexity index is 186. The van der Waals surface area contributed by atoms with E-state index in [0.717, 1.165) is 5.69 Å². The highest BCUT2D eigenvalue weighted by molar-refractivity contribution is 5.38. The fraction of sp³-hybridized carbons (Fsp3) is 0.571. The Hall–Kier alpha value is -1.03. The standard InChI is InChI=1S/C7H13N3O/c1-6(5-11-2)10-7-3-8-9-4-7/h3-4,6,10H,5H2,1-2H3,(H,8,9). The highest BCUT2D eigenvalue weighted by Gasteiger charge is 2.00. The molecule has 0 saturated carbocycles. The van der Waals surface area contributed by atoms with E-state index in [9.17, 15) is 0 Å². The molecule has 0 bridgehead atoms. The van der Waals surface area contributed by atoms with Crippen LogP contribution in [0.2, 0.25) is 0 Å². The lowest BCUT2D eigenvalue weighted by molar-refractivity contribution is 0.190. The van der Waals surface area contributed by atoms with E-state index in [1.807, 2.05) is 6.20 Å². The Morgan fingerprint density at radius 2 is 2.64 bits per heavy atom. The third kappa shape index (κ3) is 2.59. The van der Waals surface area contributed by atoms with Gasteiger partial charge in [-0.15, -0.1) is 0 Å². The molecule has 0 radical (unpaired) electrons. The molecule has 2 N–H and O–H groups in total. The zero-order chi connectivity index (χ0) is 8.10. The van der Waals surface area contributed by atoms with Crippen LogP contribution in [0.25, 0.3) is 0 Å². The highest BCUT2D eigenvalue weighted by Crippen LogP contribution is 2.03. The van der Waals surface area contributed by atoms with Gasteiger partial charge in [-0.1, -0.05) is 0 Å². The maximum atomic E-state index is 4.96. The van der Waals surface area contributed by atoms with Crippen LogP contribution in [0.3, 0.4) is 0 Å². The fourth-order valence-electron chi connectivity index (χ4n) is 0.906. The van der Waals surface area contributed by atoms with Crippen LogP contribution in [0, 0.1) is 0 Å². The van der Waals surface area contributed by atoms with Crippen molar-refractivity contribution in [2.75, 3.05) is 19.0 Å². The molecule has 1 heterocycles. The smallest absolute Gasteiger partial charge is 0.0726 e. The molecule has 0 aliphatic heterocycles. The lowest BCUT2D eigenvalue weighted by Crippen LogP contribution is -2.20. The summed E-state index contributed by atoms with van der Waals surface area (Å²) in [7, 11) is 1.69. The molecule has 1 aromatic heterocycles. The van der Waals surface area contributed by atoms with Crippen LogP contribution >= 0.6 is 0 Å². The zero-order valence-electron chi connectivity index (χ0n) is 6.79. The summed E-state index contributed by atoms with van der Waals surface area (Å²) in [6.45, 7) is 2.75. The van der Waals surface area contributed by atoms with Crippen molar-refractivity contribution >= 4 is 5.69 Å². The molecule has 0 fully saturated rings. The fourth-order valence-corrected chi connectivity index (χ4v) is 0.906. The third-order valence-electron chi connectivity index (χ3n) is 1.33. The van der Waals surface area contributed by atoms with Crippen molar-refractivity contribution < 1.29 is 4.74 Å². The van der Waals surface area contributed by atoms with Crippen LogP contribution < -0.4 is 5.32 Å². The van der Waals surface area contributed by atoms with Gasteiger partial charge in [0.05, 0.1) is 18.5 Å². The van der Waals surface area contributed by atoms with E-state index in [0.29, 0.717) is 12.6 Å². The van der Waals surface area contributed by atoms with Gasteiger partial charge in [-0.3, -0.25) is 5.10 Å². The SMILES string of the molecule is COCC(C)Nc1cn[nH]c1. The van der Waals surface area contributed by atoms with E-state index in [1.54, 1.807) is 13.3 Å². The minimum Gasteiger partial charge on any atom is -0.383 e. The number of H-pyrrole nitrogens is 1. The second kappa shape index (κ2) is 3.98. The van der Waals surface area contributed by atoms with Crippen LogP contribution in [-0.2, 0) is 4.74 Å². The van der Waals surface area contributed by atoms with Gasteiger partial charge in [-0.25, -0.2) is 0 Å². The second-order valence-corrected chi connectivity index (χ2v) is 2.49. The van der Waals surface area contributed by atoms with Gasteiger partial charge in [0.2, 0.25) is 0 Å². The molecule has 1 atom stereocenters. The van der Waals surface area contributed by atoms with Gasteiger partial charge in [0, 0.05) is 19.3 Å². The van der Waals surface area contributed by atoms with Crippen molar-refractivity contribution in [1.82, 2.24) is 10.2 Å². The Morgan fingerprint density at radius 1 is 1.82 bits per heavy atom. The molecular weight excluding hydrogens is 142 g/mol. The van der Waals surface area contributed by atoms with Crippen molar-refractivity contribution in [3.8, 4) is 0 Å². The Labute approximate surface area is 66.0 Å². The van der Waals surface area contributed by atoms with Gasteiger partial charge >= 0.3 is 0 Å². The molecule has 0 aliphatic carbocycles. The molecule has 0 aromatic carbocycles. The van der Waals surface area contributed by atoms with Gasteiger partial charge < -0.3 is 10.1 Å². The summed E-state index contributed by atoms with van der Waals surface area (Å²) < 4.78 is 4.96. The number of methoxy groups -OCH3 is 1.